The fourth-order valence-corrected chi connectivity index (χ4v) is 3.63. The number of benzene rings is 2. The number of pyridine rings is 1. The Labute approximate surface area is 164 Å². The minimum Gasteiger partial charge on any atom is -0.491 e. The molecule has 0 aliphatic heterocycles. The SMILES string of the molecule is O=C(NCCCOc1cccc2cccnc12)c1[nH]c2ccccc2c1Br. The van der Waals surface area contributed by atoms with Gasteiger partial charge in [0, 0.05) is 29.0 Å². The van der Waals surface area contributed by atoms with Gasteiger partial charge in [-0.1, -0.05) is 36.4 Å². The number of nitrogens with zero attached hydrogens (tertiary/aromatic N) is 1. The number of amides is 1. The monoisotopic (exact) mass is 423 g/mol. The number of aromatic amines is 1. The van der Waals surface area contributed by atoms with Crippen molar-refractivity contribution in [2.45, 2.75) is 6.42 Å². The summed E-state index contributed by atoms with van der Waals surface area (Å²) < 4.78 is 6.63. The fourth-order valence-electron chi connectivity index (χ4n) is 3.00. The van der Waals surface area contributed by atoms with Crippen LogP contribution in [-0.4, -0.2) is 29.0 Å². The van der Waals surface area contributed by atoms with E-state index in [0.717, 1.165) is 32.0 Å². The van der Waals surface area contributed by atoms with Gasteiger partial charge in [-0.15, -0.1) is 0 Å². The first-order valence-electron chi connectivity index (χ1n) is 8.75. The quantitative estimate of drug-likeness (QED) is 0.442. The predicted octanol–water partition coefficient (Wildman–Crippen LogP) is 4.68. The summed E-state index contributed by atoms with van der Waals surface area (Å²) in [4.78, 5) is 19.9. The van der Waals surface area contributed by atoms with Crippen molar-refractivity contribution in [3.8, 4) is 5.75 Å². The summed E-state index contributed by atoms with van der Waals surface area (Å²) in [5.74, 6) is 0.627. The fraction of sp³-hybridized carbons (Fsp3) is 0.143. The number of para-hydroxylation sites is 2. The predicted molar refractivity (Wildman–Crippen MR) is 110 cm³/mol. The highest BCUT2D eigenvalue weighted by Crippen LogP contribution is 2.27. The van der Waals surface area contributed by atoms with E-state index in [1.165, 1.54) is 0 Å². The van der Waals surface area contributed by atoms with Gasteiger partial charge in [0.25, 0.3) is 5.91 Å². The molecule has 2 aromatic carbocycles. The van der Waals surface area contributed by atoms with Crippen LogP contribution >= 0.6 is 15.9 Å². The van der Waals surface area contributed by atoms with E-state index in [4.69, 9.17) is 4.74 Å². The molecule has 0 fully saturated rings. The molecular formula is C21H18BrN3O2. The molecule has 0 unspecified atom stereocenters. The number of aromatic nitrogens is 2. The van der Waals surface area contributed by atoms with Gasteiger partial charge in [-0.2, -0.15) is 0 Å². The van der Waals surface area contributed by atoms with Gasteiger partial charge >= 0.3 is 0 Å². The summed E-state index contributed by atoms with van der Waals surface area (Å²) in [6, 6.07) is 17.6. The molecule has 0 aliphatic rings. The number of ether oxygens (including phenoxy) is 1. The molecule has 2 heterocycles. The molecule has 0 saturated carbocycles. The molecule has 0 saturated heterocycles. The second-order valence-corrected chi connectivity index (χ2v) is 6.94. The molecule has 2 N–H and O–H groups in total. The second kappa shape index (κ2) is 7.80. The van der Waals surface area contributed by atoms with E-state index in [1.54, 1.807) is 6.20 Å². The lowest BCUT2D eigenvalue weighted by atomic mass is 10.2. The Kier molecular flexibility index (Phi) is 5.07. The standard InChI is InChI=1S/C21H18BrN3O2/c22-18-15-8-1-2-9-16(15)25-20(18)21(26)24-12-5-13-27-17-10-3-6-14-7-4-11-23-19(14)17/h1-4,6-11,25H,5,12-13H2,(H,24,26). The summed E-state index contributed by atoms with van der Waals surface area (Å²) in [5.41, 5.74) is 2.32. The van der Waals surface area contributed by atoms with Crippen LogP contribution in [0.15, 0.2) is 65.3 Å². The first-order valence-corrected chi connectivity index (χ1v) is 9.54. The summed E-state index contributed by atoms with van der Waals surface area (Å²) in [6.07, 6.45) is 2.46. The van der Waals surface area contributed by atoms with Gasteiger partial charge < -0.3 is 15.0 Å². The minimum atomic E-state index is -0.134. The highest BCUT2D eigenvalue weighted by Gasteiger charge is 2.15. The summed E-state index contributed by atoms with van der Waals surface area (Å²) >= 11 is 3.50. The van der Waals surface area contributed by atoms with Gasteiger partial charge in [-0.3, -0.25) is 9.78 Å². The smallest absolute Gasteiger partial charge is 0.268 e. The van der Waals surface area contributed by atoms with Gasteiger partial charge in [0.05, 0.1) is 11.1 Å². The molecule has 27 heavy (non-hydrogen) atoms. The van der Waals surface area contributed by atoms with E-state index in [0.29, 0.717) is 25.3 Å². The Morgan fingerprint density at radius 1 is 1.11 bits per heavy atom. The Bertz CT molecular complexity index is 1100. The Balaban J connectivity index is 1.32. The van der Waals surface area contributed by atoms with Gasteiger partial charge in [0.15, 0.2) is 0 Å². The van der Waals surface area contributed by atoms with Gasteiger partial charge in [-0.25, -0.2) is 0 Å². The Morgan fingerprint density at radius 3 is 2.85 bits per heavy atom. The molecule has 2 aromatic heterocycles. The first-order chi connectivity index (χ1) is 13.2. The maximum Gasteiger partial charge on any atom is 0.268 e. The molecule has 1 amide bonds. The zero-order valence-corrected chi connectivity index (χ0v) is 16.1. The van der Waals surface area contributed by atoms with E-state index in [1.807, 2.05) is 54.6 Å². The van der Waals surface area contributed by atoms with Crippen molar-refractivity contribution in [1.29, 1.82) is 0 Å². The molecule has 0 aliphatic carbocycles. The molecule has 4 rings (SSSR count). The third-order valence-electron chi connectivity index (χ3n) is 4.33. The number of fused-ring (bicyclic) bond motifs is 2. The van der Waals surface area contributed by atoms with Crippen molar-refractivity contribution < 1.29 is 9.53 Å². The second-order valence-electron chi connectivity index (χ2n) is 6.15. The number of hydrogen-bond acceptors (Lipinski definition) is 3. The first kappa shape index (κ1) is 17.5. The summed E-state index contributed by atoms with van der Waals surface area (Å²) in [7, 11) is 0. The van der Waals surface area contributed by atoms with Crippen LogP contribution < -0.4 is 10.1 Å². The van der Waals surface area contributed by atoms with Gasteiger partial charge in [0.2, 0.25) is 0 Å². The van der Waals surface area contributed by atoms with Crippen LogP contribution in [0.25, 0.3) is 21.8 Å². The average Bonchev–Trinajstić information content (AvgIpc) is 3.05. The summed E-state index contributed by atoms with van der Waals surface area (Å²) in [6.45, 7) is 1.03. The van der Waals surface area contributed by atoms with E-state index < -0.39 is 0 Å². The summed E-state index contributed by atoms with van der Waals surface area (Å²) in [5, 5.41) is 4.97. The van der Waals surface area contributed by atoms with Crippen LogP contribution in [0.2, 0.25) is 0 Å². The molecule has 6 heteroatoms. The number of nitrogens with one attached hydrogen (secondary N) is 2. The molecular weight excluding hydrogens is 406 g/mol. The maximum atomic E-state index is 12.4. The van der Waals surface area contributed by atoms with Crippen molar-refractivity contribution >= 4 is 43.6 Å². The number of carbonyl (C=O) groups is 1. The number of rotatable bonds is 6. The van der Waals surface area contributed by atoms with Gasteiger partial charge in [-0.05, 0) is 40.5 Å². The Hall–Kier alpha value is -2.86. The third-order valence-corrected chi connectivity index (χ3v) is 5.15. The highest BCUT2D eigenvalue weighted by atomic mass is 79.9. The van der Waals surface area contributed by atoms with Crippen LogP contribution in [0.4, 0.5) is 0 Å². The number of halogens is 1. The van der Waals surface area contributed by atoms with Crippen molar-refractivity contribution in [1.82, 2.24) is 15.3 Å². The number of carbonyl (C=O) groups excluding carboxylic acids is 1. The third kappa shape index (κ3) is 3.66. The van der Waals surface area contributed by atoms with Crippen molar-refractivity contribution in [3.05, 3.63) is 71.0 Å². The lowest BCUT2D eigenvalue weighted by molar-refractivity contribution is 0.0946. The normalized spacial score (nSPS) is 11.0. The van der Waals surface area contributed by atoms with E-state index in [9.17, 15) is 4.79 Å². The van der Waals surface area contributed by atoms with E-state index in [2.05, 4.69) is 31.2 Å². The van der Waals surface area contributed by atoms with E-state index >= 15 is 0 Å². The van der Waals surface area contributed by atoms with Crippen molar-refractivity contribution in [2.75, 3.05) is 13.2 Å². The molecule has 0 spiro atoms. The minimum absolute atomic E-state index is 0.134. The molecule has 0 radical (unpaired) electrons. The maximum absolute atomic E-state index is 12.4. The largest absolute Gasteiger partial charge is 0.491 e. The molecule has 4 aromatic rings. The molecule has 5 nitrogen and oxygen atoms in total. The van der Waals surface area contributed by atoms with Crippen LogP contribution in [0.5, 0.6) is 5.75 Å². The van der Waals surface area contributed by atoms with Crippen LogP contribution in [-0.2, 0) is 0 Å². The van der Waals surface area contributed by atoms with Crippen molar-refractivity contribution in [3.63, 3.8) is 0 Å². The van der Waals surface area contributed by atoms with Crippen LogP contribution in [0.3, 0.4) is 0 Å². The zero-order valence-electron chi connectivity index (χ0n) is 14.5. The Morgan fingerprint density at radius 2 is 1.96 bits per heavy atom. The van der Waals surface area contributed by atoms with Crippen LogP contribution in [0, 0.1) is 0 Å². The molecule has 136 valence electrons. The van der Waals surface area contributed by atoms with Gasteiger partial charge in [0.1, 0.15) is 17.0 Å². The number of H-pyrrole nitrogens is 1. The average molecular weight is 424 g/mol. The topological polar surface area (TPSA) is 67.0 Å². The van der Waals surface area contributed by atoms with Crippen molar-refractivity contribution in [2.24, 2.45) is 0 Å². The highest BCUT2D eigenvalue weighted by molar-refractivity contribution is 9.10. The molecule has 0 atom stereocenters. The lowest BCUT2D eigenvalue weighted by Gasteiger charge is -2.09. The molecule has 0 bridgehead atoms. The number of hydrogen-bond donors (Lipinski definition) is 2. The van der Waals surface area contributed by atoms with Crippen LogP contribution in [0.1, 0.15) is 16.9 Å². The lowest BCUT2D eigenvalue weighted by Crippen LogP contribution is -2.26. The zero-order chi connectivity index (χ0) is 18.6. The van der Waals surface area contributed by atoms with E-state index in [-0.39, 0.29) is 5.91 Å².